The van der Waals surface area contributed by atoms with Crippen molar-refractivity contribution in [2.75, 3.05) is 11.6 Å². The van der Waals surface area contributed by atoms with Gasteiger partial charge in [0, 0.05) is 5.75 Å². The summed E-state index contributed by atoms with van der Waals surface area (Å²) in [5.41, 5.74) is 0. The molecule has 0 spiro atoms. The summed E-state index contributed by atoms with van der Waals surface area (Å²) in [7, 11) is -4.00. The maximum Gasteiger partial charge on any atom is 0.322 e. The molecule has 0 unspecified atom stereocenters. The third-order valence-electron chi connectivity index (χ3n) is 2.62. The number of carbonyl (C=O) groups is 1. The molecule has 1 heterocycles. The zero-order valence-electron chi connectivity index (χ0n) is 9.42. The molecule has 9 heteroatoms. The first-order valence-corrected chi connectivity index (χ1v) is 8.50. The summed E-state index contributed by atoms with van der Waals surface area (Å²) in [6.07, 6.45) is 0. The van der Waals surface area contributed by atoms with Gasteiger partial charge >= 0.3 is 5.97 Å². The molecule has 0 bridgehead atoms. The van der Waals surface area contributed by atoms with Gasteiger partial charge in [-0.25, -0.2) is 12.8 Å². The summed E-state index contributed by atoms with van der Waals surface area (Å²) >= 11 is 4.14. The lowest BCUT2D eigenvalue weighted by Gasteiger charge is -2.20. The number of carboxylic acids is 1. The minimum atomic E-state index is -4.00. The highest BCUT2D eigenvalue weighted by atomic mass is 79.9. The van der Waals surface area contributed by atoms with Crippen LogP contribution in [-0.2, 0) is 14.8 Å². The average molecular weight is 370 g/mol. The van der Waals surface area contributed by atoms with E-state index in [4.69, 9.17) is 5.11 Å². The molecule has 1 aromatic rings. The van der Waals surface area contributed by atoms with E-state index in [9.17, 15) is 17.6 Å². The van der Waals surface area contributed by atoms with Crippen LogP contribution in [0.25, 0.3) is 0 Å². The van der Waals surface area contributed by atoms with Crippen LogP contribution in [0, 0.1) is 5.82 Å². The number of carboxylic acid groups (broad SMARTS) is 1. The average Bonchev–Trinajstić information content (AvgIpc) is 2.82. The zero-order valence-corrected chi connectivity index (χ0v) is 12.6. The minimum absolute atomic E-state index is 0.0526. The Morgan fingerprint density at radius 3 is 2.79 bits per heavy atom. The van der Waals surface area contributed by atoms with Crippen LogP contribution < -0.4 is 0 Å². The molecular weight excluding hydrogens is 361 g/mol. The van der Waals surface area contributed by atoms with Gasteiger partial charge in [-0.1, -0.05) is 0 Å². The maximum absolute atomic E-state index is 13.4. The number of sulfonamides is 1. The van der Waals surface area contributed by atoms with E-state index in [2.05, 4.69) is 15.9 Å². The van der Waals surface area contributed by atoms with Crippen LogP contribution in [0.1, 0.15) is 0 Å². The van der Waals surface area contributed by atoms with Gasteiger partial charge < -0.3 is 5.11 Å². The van der Waals surface area contributed by atoms with E-state index in [0.29, 0.717) is 0 Å². The van der Waals surface area contributed by atoms with Gasteiger partial charge in [-0.15, -0.1) is 11.8 Å². The summed E-state index contributed by atoms with van der Waals surface area (Å²) in [5.74, 6) is -1.67. The molecule has 1 aliphatic rings. The van der Waals surface area contributed by atoms with Crippen LogP contribution in [0.5, 0.6) is 0 Å². The number of nitrogens with zero attached hydrogens (tertiary/aromatic N) is 1. The van der Waals surface area contributed by atoms with Gasteiger partial charge in [0.25, 0.3) is 0 Å². The van der Waals surface area contributed by atoms with E-state index in [-0.39, 0.29) is 21.0 Å². The minimum Gasteiger partial charge on any atom is -0.480 e. The summed E-state index contributed by atoms with van der Waals surface area (Å²) in [6, 6.07) is 2.29. The second kappa shape index (κ2) is 5.39. The highest BCUT2D eigenvalue weighted by molar-refractivity contribution is 9.10. The molecular formula is C10H9BrFNO4S2. The number of rotatable bonds is 3. The first-order chi connectivity index (χ1) is 8.84. The van der Waals surface area contributed by atoms with Crippen molar-refractivity contribution >= 4 is 43.7 Å². The Kier molecular flexibility index (Phi) is 4.19. The Labute approximate surface area is 122 Å². The van der Waals surface area contributed by atoms with Gasteiger partial charge in [-0.3, -0.25) is 4.79 Å². The molecule has 1 aromatic carbocycles. The molecule has 1 N–H and O–H groups in total. The van der Waals surface area contributed by atoms with Crippen LogP contribution in [0.2, 0.25) is 0 Å². The van der Waals surface area contributed by atoms with Crippen molar-refractivity contribution in [2.24, 2.45) is 0 Å². The molecule has 0 aliphatic carbocycles. The second-order valence-corrected chi connectivity index (χ2v) is 7.57. The monoisotopic (exact) mass is 369 g/mol. The molecule has 2 rings (SSSR count). The predicted octanol–water partition coefficient (Wildman–Crippen LogP) is 1.74. The lowest BCUT2D eigenvalue weighted by Crippen LogP contribution is -2.41. The number of hydrogen-bond donors (Lipinski definition) is 1. The highest BCUT2D eigenvalue weighted by Crippen LogP contribution is 2.29. The normalized spacial score (nSPS) is 20.6. The van der Waals surface area contributed by atoms with Crippen molar-refractivity contribution in [1.29, 1.82) is 0 Å². The van der Waals surface area contributed by atoms with Gasteiger partial charge in [0.05, 0.1) is 15.2 Å². The SMILES string of the molecule is O=C(O)[C@@H]1CSCN1S(=O)(=O)c1ccc(Br)c(F)c1. The molecule has 0 saturated carbocycles. The quantitative estimate of drug-likeness (QED) is 0.877. The molecule has 104 valence electrons. The van der Waals surface area contributed by atoms with E-state index in [1.54, 1.807) is 0 Å². The Morgan fingerprint density at radius 1 is 1.53 bits per heavy atom. The van der Waals surface area contributed by atoms with E-state index >= 15 is 0 Å². The molecule has 0 radical (unpaired) electrons. The predicted molar refractivity (Wildman–Crippen MR) is 71.9 cm³/mol. The lowest BCUT2D eigenvalue weighted by atomic mass is 10.3. The number of hydrogen-bond acceptors (Lipinski definition) is 4. The largest absolute Gasteiger partial charge is 0.480 e. The van der Waals surface area contributed by atoms with Crippen LogP contribution in [0.15, 0.2) is 27.6 Å². The number of thioether (sulfide) groups is 1. The van der Waals surface area contributed by atoms with Crippen LogP contribution >= 0.6 is 27.7 Å². The van der Waals surface area contributed by atoms with Gasteiger partial charge in [-0.2, -0.15) is 4.31 Å². The fourth-order valence-electron chi connectivity index (χ4n) is 1.63. The Bertz CT molecular complexity index is 622. The van der Waals surface area contributed by atoms with Gasteiger partial charge in [-0.05, 0) is 34.1 Å². The fourth-order valence-corrected chi connectivity index (χ4v) is 5.03. The van der Waals surface area contributed by atoms with Crippen molar-refractivity contribution in [3.8, 4) is 0 Å². The standard InChI is InChI=1S/C10H9BrFNO4S2/c11-7-2-1-6(3-8(7)12)19(16,17)13-5-18-4-9(13)10(14)15/h1-3,9H,4-5H2,(H,14,15)/t9-/m0/s1. The Hall–Kier alpha value is -0.640. The van der Waals surface area contributed by atoms with E-state index < -0.39 is 27.9 Å². The van der Waals surface area contributed by atoms with Crippen LogP contribution in [-0.4, -0.2) is 41.5 Å². The van der Waals surface area contributed by atoms with Crippen molar-refractivity contribution in [1.82, 2.24) is 4.31 Å². The smallest absolute Gasteiger partial charge is 0.322 e. The molecule has 0 amide bonds. The summed E-state index contributed by atoms with van der Waals surface area (Å²) in [5, 5.41) is 8.99. The molecule has 1 saturated heterocycles. The zero-order chi connectivity index (χ0) is 14.2. The van der Waals surface area contributed by atoms with Gasteiger partial charge in [0.15, 0.2) is 0 Å². The molecule has 1 fully saturated rings. The van der Waals surface area contributed by atoms with Crippen molar-refractivity contribution < 1.29 is 22.7 Å². The highest BCUT2D eigenvalue weighted by Gasteiger charge is 2.40. The number of benzene rings is 1. The maximum atomic E-state index is 13.4. The summed E-state index contributed by atoms with van der Waals surface area (Å²) in [6.45, 7) is 0. The van der Waals surface area contributed by atoms with E-state index in [1.165, 1.54) is 23.9 Å². The molecule has 5 nitrogen and oxygen atoms in total. The fraction of sp³-hybridized carbons (Fsp3) is 0.300. The second-order valence-electron chi connectivity index (χ2n) is 3.82. The van der Waals surface area contributed by atoms with Gasteiger partial charge in [0.1, 0.15) is 11.9 Å². The molecule has 1 atom stereocenters. The molecule has 0 aromatic heterocycles. The van der Waals surface area contributed by atoms with Crippen molar-refractivity contribution in [3.63, 3.8) is 0 Å². The first-order valence-electron chi connectivity index (χ1n) is 5.11. The summed E-state index contributed by atoms with van der Waals surface area (Å²) in [4.78, 5) is 10.8. The third-order valence-corrected chi connectivity index (χ3v) is 6.29. The summed E-state index contributed by atoms with van der Waals surface area (Å²) < 4.78 is 39.0. The Balaban J connectivity index is 2.42. The lowest BCUT2D eigenvalue weighted by molar-refractivity contribution is -0.140. The van der Waals surface area contributed by atoms with E-state index in [0.717, 1.165) is 10.4 Å². The van der Waals surface area contributed by atoms with Crippen molar-refractivity contribution in [3.05, 3.63) is 28.5 Å². The van der Waals surface area contributed by atoms with Crippen molar-refractivity contribution in [2.45, 2.75) is 10.9 Å². The molecule has 1 aliphatic heterocycles. The molecule has 19 heavy (non-hydrogen) atoms. The van der Waals surface area contributed by atoms with Crippen LogP contribution in [0.3, 0.4) is 0 Å². The van der Waals surface area contributed by atoms with Crippen LogP contribution in [0.4, 0.5) is 4.39 Å². The number of aliphatic carboxylic acids is 1. The topological polar surface area (TPSA) is 74.7 Å². The van der Waals surface area contributed by atoms with Gasteiger partial charge in [0.2, 0.25) is 10.0 Å². The third kappa shape index (κ3) is 2.78. The van der Waals surface area contributed by atoms with E-state index in [1.807, 2.05) is 0 Å². The first kappa shape index (κ1) is 14.8. The number of halogens is 2. The Morgan fingerprint density at radius 2 is 2.21 bits per heavy atom.